The van der Waals surface area contributed by atoms with Gasteiger partial charge in [-0.3, -0.25) is 19.7 Å². The van der Waals surface area contributed by atoms with E-state index < -0.39 is 23.4 Å². The molecule has 0 aromatic heterocycles. The minimum atomic E-state index is -0.724. The van der Waals surface area contributed by atoms with Gasteiger partial charge in [-0.05, 0) is 55.7 Å². The van der Waals surface area contributed by atoms with Crippen molar-refractivity contribution in [3.63, 3.8) is 0 Å². The summed E-state index contributed by atoms with van der Waals surface area (Å²) < 4.78 is 32.9. The van der Waals surface area contributed by atoms with E-state index >= 15 is 0 Å². The van der Waals surface area contributed by atoms with Crippen LogP contribution in [0.1, 0.15) is 59.2 Å². The summed E-state index contributed by atoms with van der Waals surface area (Å²) in [7, 11) is 1.55. The first-order chi connectivity index (χ1) is 21.8. The number of carbonyl (C=O) groups is 3. The number of amides is 3. The lowest BCUT2D eigenvalue weighted by molar-refractivity contribution is -0.136. The molecule has 0 spiro atoms. The molecule has 7 rings (SSSR count). The minimum Gasteiger partial charge on any atom is -0.495 e. The van der Waals surface area contributed by atoms with E-state index in [1.165, 1.54) is 17.0 Å². The lowest BCUT2D eigenvalue weighted by atomic mass is 9.75. The van der Waals surface area contributed by atoms with Gasteiger partial charge >= 0.3 is 0 Å². The third-order valence-corrected chi connectivity index (χ3v) is 9.50. The largest absolute Gasteiger partial charge is 0.495 e. The molecule has 3 heterocycles. The van der Waals surface area contributed by atoms with E-state index in [1.807, 2.05) is 12.1 Å². The molecule has 3 aliphatic heterocycles. The van der Waals surface area contributed by atoms with Crippen molar-refractivity contribution >= 4 is 23.4 Å². The van der Waals surface area contributed by atoms with Crippen LogP contribution in [0.2, 0.25) is 0 Å². The van der Waals surface area contributed by atoms with Crippen molar-refractivity contribution in [2.75, 3.05) is 18.6 Å². The molecule has 1 aliphatic carbocycles. The highest BCUT2D eigenvalue weighted by molar-refractivity contribution is 6.05. The van der Waals surface area contributed by atoms with E-state index in [9.17, 15) is 24.0 Å². The van der Waals surface area contributed by atoms with Gasteiger partial charge in [-0.25, -0.2) is 4.39 Å². The van der Waals surface area contributed by atoms with Gasteiger partial charge in [0.25, 0.3) is 5.91 Å². The number of hydrogen-bond donors (Lipinski definition) is 1. The summed E-state index contributed by atoms with van der Waals surface area (Å²) in [5, 5.41) is 11.7. The Balaban J connectivity index is 1.08. The number of piperidine rings is 1. The molecule has 0 bridgehead atoms. The summed E-state index contributed by atoms with van der Waals surface area (Å²) >= 11 is 0. The molecule has 45 heavy (non-hydrogen) atoms. The van der Waals surface area contributed by atoms with Crippen LogP contribution in [0.5, 0.6) is 17.2 Å². The average Bonchev–Trinajstić information content (AvgIpc) is 3.49. The van der Waals surface area contributed by atoms with Crippen molar-refractivity contribution in [1.29, 1.82) is 5.26 Å². The van der Waals surface area contributed by atoms with Gasteiger partial charge in [0.1, 0.15) is 47.4 Å². The lowest BCUT2D eigenvalue weighted by Gasteiger charge is -2.47. The van der Waals surface area contributed by atoms with Crippen LogP contribution >= 0.6 is 0 Å². The van der Waals surface area contributed by atoms with Crippen LogP contribution in [-0.4, -0.2) is 54.0 Å². The second kappa shape index (κ2) is 11.1. The Labute approximate surface area is 259 Å². The number of nitrogens with zero attached hydrogens (tertiary/aromatic N) is 3. The van der Waals surface area contributed by atoms with E-state index in [1.54, 1.807) is 37.4 Å². The first-order valence-corrected chi connectivity index (χ1v) is 15.0. The highest BCUT2D eigenvalue weighted by atomic mass is 19.1. The molecule has 230 valence electrons. The SMILES string of the molecule is COc1cc(N2CCC3(Oc4cc(F)ccc4COc4cccc5c4CN([C@H]4CCC(=O)NC4=O)C5=O)CCC23)ccc1C#N. The lowest BCUT2D eigenvalue weighted by Crippen LogP contribution is -2.57. The maximum absolute atomic E-state index is 14.6. The van der Waals surface area contributed by atoms with Gasteiger partial charge in [0.2, 0.25) is 11.8 Å². The van der Waals surface area contributed by atoms with E-state index in [2.05, 4.69) is 16.3 Å². The third-order valence-electron chi connectivity index (χ3n) is 9.50. The number of ether oxygens (including phenoxy) is 3. The van der Waals surface area contributed by atoms with Crippen LogP contribution in [0, 0.1) is 17.1 Å². The zero-order valence-corrected chi connectivity index (χ0v) is 24.7. The average molecular weight is 611 g/mol. The molecule has 4 aliphatic rings. The van der Waals surface area contributed by atoms with Gasteiger partial charge in [0.05, 0.1) is 25.3 Å². The second-order valence-corrected chi connectivity index (χ2v) is 11.9. The topological polar surface area (TPSA) is 121 Å². The van der Waals surface area contributed by atoms with Crippen molar-refractivity contribution < 1.29 is 33.0 Å². The van der Waals surface area contributed by atoms with Gasteiger partial charge < -0.3 is 24.0 Å². The van der Waals surface area contributed by atoms with E-state index in [0.717, 1.165) is 31.5 Å². The molecule has 1 N–H and O–H groups in total. The molecule has 3 aromatic carbocycles. The van der Waals surface area contributed by atoms with Crippen molar-refractivity contribution in [3.05, 3.63) is 82.7 Å². The number of nitriles is 1. The number of halogens is 1. The van der Waals surface area contributed by atoms with Crippen LogP contribution in [0.15, 0.2) is 54.6 Å². The van der Waals surface area contributed by atoms with Crippen LogP contribution in [0.3, 0.4) is 0 Å². The van der Waals surface area contributed by atoms with Gasteiger partial charge in [-0.15, -0.1) is 0 Å². The van der Waals surface area contributed by atoms with Crippen molar-refractivity contribution in [2.45, 2.75) is 62.9 Å². The summed E-state index contributed by atoms with van der Waals surface area (Å²) in [5.41, 5.74) is 2.71. The zero-order valence-electron chi connectivity index (χ0n) is 24.7. The fourth-order valence-corrected chi connectivity index (χ4v) is 7.03. The van der Waals surface area contributed by atoms with Crippen LogP contribution < -0.4 is 24.4 Å². The molecule has 11 heteroatoms. The maximum atomic E-state index is 14.6. The predicted molar refractivity (Wildman–Crippen MR) is 159 cm³/mol. The summed E-state index contributed by atoms with van der Waals surface area (Å²) in [4.78, 5) is 41.1. The monoisotopic (exact) mass is 610 g/mol. The maximum Gasteiger partial charge on any atom is 0.255 e. The molecule has 10 nitrogen and oxygen atoms in total. The molecule has 3 aromatic rings. The number of imide groups is 1. The van der Waals surface area contributed by atoms with Gasteiger partial charge in [0.15, 0.2) is 0 Å². The smallest absolute Gasteiger partial charge is 0.255 e. The molecule has 2 saturated heterocycles. The standard InChI is InChI=1S/C34H31FN4O6/c1-43-28-16-23(8-6-20(28)17-36)38-14-13-34(12-11-30(34)38)45-29-15-22(35)7-5-21(29)19-44-27-4-2-3-24-25(27)18-39(33(24)42)26-9-10-31(40)37-32(26)41/h2-8,15-16,26,30H,9-14,18-19H2,1H3,(H,37,40,41)/t26-,30?,34?/m0/s1. The molecular weight excluding hydrogens is 579 g/mol. The Morgan fingerprint density at radius 2 is 1.89 bits per heavy atom. The summed E-state index contributed by atoms with van der Waals surface area (Å²) in [5.74, 6) is -0.0862. The fraction of sp³-hybridized carbons (Fsp3) is 0.353. The van der Waals surface area contributed by atoms with Gasteiger partial charge in [-0.1, -0.05) is 6.07 Å². The molecule has 0 radical (unpaired) electrons. The number of anilines is 1. The Morgan fingerprint density at radius 1 is 1.02 bits per heavy atom. The number of hydrogen-bond acceptors (Lipinski definition) is 8. The Hall–Kier alpha value is -5.11. The number of carbonyl (C=O) groups excluding carboxylic acids is 3. The van der Waals surface area contributed by atoms with Crippen molar-refractivity contribution in [2.24, 2.45) is 0 Å². The van der Waals surface area contributed by atoms with Gasteiger partial charge in [-0.2, -0.15) is 5.26 Å². The van der Waals surface area contributed by atoms with Crippen molar-refractivity contribution in [1.82, 2.24) is 10.2 Å². The molecule has 2 unspecified atom stereocenters. The first kappa shape index (κ1) is 28.6. The quantitative estimate of drug-likeness (QED) is 0.376. The van der Waals surface area contributed by atoms with Crippen LogP contribution in [0.25, 0.3) is 0 Å². The number of methoxy groups -OCH3 is 1. The molecule has 3 amide bonds. The molecule has 3 fully saturated rings. The Bertz CT molecular complexity index is 1770. The number of benzene rings is 3. The van der Waals surface area contributed by atoms with Crippen LogP contribution in [-0.2, 0) is 22.7 Å². The summed E-state index contributed by atoms with van der Waals surface area (Å²) in [6.07, 6.45) is 2.94. The molecular formula is C34H31FN4O6. The third kappa shape index (κ3) is 4.90. The number of nitrogens with one attached hydrogen (secondary N) is 1. The highest BCUT2D eigenvalue weighted by Crippen LogP contribution is 2.50. The van der Waals surface area contributed by atoms with E-state index in [-0.39, 0.29) is 43.8 Å². The Kier molecular flexibility index (Phi) is 7.07. The van der Waals surface area contributed by atoms with Gasteiger partial charge in [0, 0.05) is 53.9 Å². The Morgan fingerprint density at radius 3 is 2.64 bits per heavy atom. The predicted octanol–water partition coefficient (Wildman–Crippen LogP) is 4.24. The number of fused-ring (bicyclic) bond motifs is 2. The highest BCUT2D eigenvalue weighted by Gasteiger charge is 2.56. The van der Waals surface area contributed by atoms with Crippen LogP contribution in [0.4, 0.5) is 10.1 Å². The summed E-state index contributed by atoms with van der Waals surface area (Å²) in [6, 6.07) is 16.7. The number of rotatable bonds is 8. The fourth-order valence-electron chi connectivity index (χ4n) is 7.03. The first-order valence-electron chi connectivity index (χ1n) is 15.0. The van der Waals surface area contributed by atoms with Crippen molar-refractivity contribution in [3.8, 4) is 23.3 Å². The van der Waals surface area contributed by atoms with E-state index in [4.69, 9.17) is 14.2 Å². The minimum absolute atomic E-state index is 0.0776. The summed E-state index contributed by atoms with van der Waals surface area (Å²) in [6.45, 7) is 1.01. The molecule has 3 atom stereocenters. The zero-order chi connectivity index (χ0) is 31.3. The molecule has 1 saturated carbocycles. The second-order valence-electron chi connectivity index (χ2n) is 11.9. The normalized spacial score (nSPS) is 23.5. The van der Waals surface area contributed by atoms with E-state index in [0.29, 0.717) is 39.5 Å².